The minimum atomic E-state index is -0.684. The molecule has 1 rings (SSSR count). The van der Waals surface area contributed by atoms with Crippen LogP contribution in [0.15, 0.2) is 30.3 Å². The van der Waals surface area contributed by atoms with E-state index in [0.29, 0.717) is 6.61 Å². The summed E-state index contributed by atoms with van der Waals surface area (Å²) in [6, 6.07) is 9.85. The second-order valence-corrected chi connectivity index (χ2v) is 9.28. The first-order chi connectivity index (χ1) is 7.97. The highest BCUT2D eigenvalue weighted by Crippen LogP contribution is 2.32. The van der Waals surface area contributed by atoms with Crippen LogP contribution in [0.3, 0.4) is 0 Å². The molecule has 96 valence electrons. The molecule has 0 aliphatic rings. The Balaban J connectivity index is 2.17. The third kappa shape index (κ3) is 7.02. The van der Waals surface area contributed by atoms with Crippen LogP contribution in [0.5, 0.6) is 0 Å². The summed E-state index contributed by atoms with van der Waals surface area (Å²) in [7, 11) is -0.684. The molecule has 0 bridgehead atoms. The predicted octanol–water partition coefficient (Wildman–Crippen LogP) is 1.97. The summed E-state index contributed by atoms with van der Waals surface area (Å²) < 4.78 is 5.34. The normalized spacial score (nSPS) is 12.2. The summed E-state index contributed by atoms with van der Waals surface area (Å²) in [5, 5.41) is 2.88. The number of amides is 1. The summed E-state index contributed by atoms with van der Waals surface area (Å²) >= 11 is 0. The van der Waals surface area contributed by atoms with E-state index in [2.05, 4.69) is 24.1 Å². The zero-order chi connectivity index (χ0) is 12.7. The molecule has 0 aliphatic carbocycles. The molecule has 1 aromatic carbocycles. The van der Waals surface area contributed by atoms with Crippen molar-refractivity contribution in [2.24, 2.45) is 0 Å². The highest BCUT2D eigenvalue weighted by Gasteiger charge is 2.07. The van der Waals surface area contributed by atoms with Gasteiger partial charge in [-0.3, -0.25) is 4.79 Å². The zero-order valence-corrected chi connectivity index (χ0v) is 11.5. The largest absolute Gasteiger partial charge is 0.367 e. The first-order valence-electron chi connectivity index (χ1n) is 5.52. The average molecular weight is 255 g/mol. The molecular formula is C13H21NO2S. The van der Waals surface area contributed by atoms with Crippen LogP contribution in [0.2, 0.25) is 0 Å². The minimum Gasteiger partial charge on any atom is -0.367 e. The lowest BCUT2D eigenvalue weighted by Crippen LogP contribution is -2.30. The second-order valence-electron chi connectivity index (χ2n) is 4.81. The summed E-state index contributed by atoms with van der Waals surface area (Å²) in [5.41, 5.74) is 1.08. The van der Waals surface area contributed by atoms with Gasteiger partial charge in [-0.25, -0.2) is 10.0 Å². The van der Waals surface area contributed by atoms with Gasteiger partial charge in [0.05, 0.1) is 6.61 Å². The van der Waals surface area contributed by atoms with Crippen LogP contribution in [0.4, 0.5) is 0 Å². The number of nitrogens with one attached hydrogen (secondary N) is 1. The smallest absolute Gasteiger partial charge is 0.246 e. The van der Waals surface area contributed by atoms with Gasteiger partial charge in [0.15, 0.2) is 0 Å². The fraction of sp³-hybridized carbons (Fsp3) is 0.462. The van der Waals surface area contributed by atoms with Crippen molar-refractivity contribution in [3.05, 3.63) is 35.9 Å². The molecule has 1 amide bonds. The van der Waals surface area contributed by atoms with Crippen molar-refractivity contribution in [1.29, 1.82) is 0 Å². The topological polar surface area (TPSA) is 38.3 Å². The van der Waals surface area contributed by atoms with E-state index in [1.54, 1.807) is 0 Å². The minimum absolute atomic E-state index is 0.0386. The molecule has 4 heteroatoms. The van der Waals surface area contributed by atoms with Crippen LogP contribution < -0.4 is 5.32 Å². The van der Waals surface area contributed by atoms with Crippen LogP contribution in [-0.2, 0) is 16.1 Å². The molecule has 0 radical (unpaired) electrons. The molecule has 0 spiro atoms. The van der Waals surface area contributed by atoms with E-state index in [4.69, 9.17) is 4.74 Å². The van der Waals surface area contributed by atoms with Gasteiger partial charge in [0, 0.05) is 5.88 Å². The molecular weight excluding hydrogens is 234 g/mol. The lowest BCUT2D eigenvalue weighted by atomic mass is 10.2. The van der Waals surface area contributed by atoms with E-state index in [0.717, 1.165) is 11.4 Å². The molecule has 17 heavy (non-hydrogen) atoms. The van der Waals surface area contributed by atoms with E-state index in [1.807, 2.05) is 30.3 Å². The lowest BCUT2D eigenvalue weighted by molar-refractivity contribution is -0.125. The Morgan fingerprint density at radius 3 is 2.47 bits per heavy atom. The van der Waals surface area contributed by atoms with Crippen molar-refractivity contribution in [3.8, 4) is 0 Å². The molecule has 0 fully saturated rings. The molecule has 0 aromatic heterocycles. The predicted molar refractivity (Wildman–Crippen MR) is 74.5 cm³/mol. The Morgan fingerprint density at radius 2 is 1.88 bits per heavy atom. The molecule has 0 aliphatic heterocycles. The lowest BCUT2D eigenvalue weighted by Gasteiger charge is -2.25. The van der Waals surface area contributed by atoms with E-state index in [9.17, 15) is 4.79 Å². The molecule has 0 unspecified atom stereocenters. The van der Waals surface area contributed by atoms with Crippen LogP contribution in [0.1, 0.15) is 5.56 Å². The average Bonchev–Trinajstić information content (AvgIpc) is 2.27. The maximum Gasteiger partial charge on any atom is 0.246 e. The number of hydrogen-bond donors (Lipinski definition) is 1. The number of hydrogen-bond acceptors (Lipinski definition) is 2. The highest BCUT2D eigenvalue weighted by molar-refractivity contribution is 8.32. The van der Waals surface area contributed by atoms with Crippen molar-refractivity contribution >= 4 is 15.9 Å². The SMILES string of the molecule is CS(C)(C)CNC(=O)COCc1ccccc1. The summed E-state index contributed by atoms with van der Waals surface area (Å²) in [6.45, 7) is 0.612. The second kappa shape index (κ2) is 6.67. The van der Waals surface area contributed by atoms with Crippen molar-refractivity contribution in [2.75, 3.05) is 31.3 Å². The Morgan fingerprint density at radius 1 is 1.24 bits per heavy atom. The van der Waals surface area contributed by atoms with Crippen LogP contribution in [0.25, 0.3) is 0 Å². The van der Waals surface area contributed by atoms with Gasteiger partial charge in [-0.05, 0) is 24.3 Å². The fourth-order valence-electron chi connectivity index (χ4n) is 1.18. The Bertz CT molecular complexity index is 346. The van der Waals surface area contributed by atoms with E-state index >= 15 is 0 Å². The van der Waals surface area contributed by atoms with Crippen molar-refractivity contribution in [2.45, 2.75) is 6.61 Å². The number of ether oxygens (including phenoxy) is 1. The Labute approximate surface area is 105 Å². The van der Waals surface area contributed by atoms with Gasteiger partial charge in [0.25, 0.3) is 0 Å². The van der Waals surface area contributed by atoms with Gasteiger partial charge < -0.3 is 10.1 Å². The van der Waals surface area contributed by atoms with E-state index in [1.165, 1.54) is 0 Å². The first-order valence-corrected chi connectivity index (χ1v) is 8.54. The maximum atomic E-state index is 11.5. The Hall–Kier alpha value is -1.00. The van der Waals surface area contributed by atoms with Crippen LogP contribution >= 0.6 is 10.0 Å². The standard InChI is InChI=1S/C13H21NO2S/c1-17(2,3)11-14-13(15)10-16-9-12-7-5-4-6-8-12/h4-8H,9-11H2,1-3H3,(H,14,15). The monoisotopic (exact) mass is 255 g/mol. The molecule has 0 saturated heterocycles. The van der Waals surface area contributed by atoms with Crippen molar-refractivity contribution in [1.82, 2.24) is 5.32 Å². The first kappa shape index (κ1) is 14.1. The van der Waals surface area contributed by atoms with Crippen LogP contribution in [-0.4, -0.2) is 37.2 Å². The van der Waals surface area contributed by atoms with Crippen molar-refractivity contribution < 1.29 is 9.53 Å². The quantitative estimate of drug-likeness (QED) is 0.844. The summed E-state index contributed by atoms with van der Waals surface area (Å²) in [5.74, 6) is 0.712. The molecule has 0 heterocycles. The van der Waals surface area contributed by atoms with E-state index in [-0.39, 0.29) is 12.5 Å². The summed E-state index contributed by atoms with van der Waals surface area (Å²) in [6.07, 6.45) is 6.49. The van der Waals surface area contributed by atoms with Crippen LogP contribution in [0, 0.1) is 0 Å². The number of carbonyl (C=O) groups is 1. The molecule has 0 saturated carbocycles. The van der Waals surface area contributed by atoms with Gasteiger partial charge in [0.1, 0.15) is 6.61 Å². The molecule has 3 nitrogen and oxygen atoms in total. The van der Waals surface area contributed by atoms with Gasteiger partial charge >= 0.3 is 0 Å². The maximum absolute atomic E-state index is 11.5. The molecule has 1 aromatic rings. The van der Waals surface area contributed by atoms with Crippen molar-refractivity contribution in [3.63, 3.8) is 0 Å². The van der Waals surface area contributed by atoms with Gasteiger partial charge in [-0.15, -0.1) is 0 Å². The third-order valence-corrected chi connectivity index (χ3v) is 3.06. The number of rotatable bonds is 6. The highest BCUT2D eigenvalue weighted by atomic mass is 32.3. The molecule has 0 atom stereocenters. The summed E-state index contributed by atoms with van der Waals surface area (Å²) in [4.78, 5) is 11.5. The molecule has 1 N–H and O–H groups in total. The van der Waals surface area contributed by atoms with Gasteiger partial charge in [-0.2, -0.15) is 0 Å². The number of carbonyl (C=O) groups excluding carboxylic acids is 1. The zero-order valence-electron chi connectivity index (χ0n) is 10.7. The Kier molecular flexibility index (Phi) is 5.51. The fourth-order valence-corrected chi connectivity index (χ4v) is 1.78. The van der Waals surface area contributed by atoms with E-state index < -0.39 is 10.0 Å². The number of benzene rings is 1. The third-order valence-electron chi connectivity index (χ3n) is 2.05. The van der Waals surface area contributed by atoms with Gasteiger partial charge in [-0.1, -0.05) is 30.3 Å². The van der Waals surface area contributed by atoms with Gasteiger partial charge in [0.2, 0.25) is 5.91 Å².